The molecule has 0 aliphatic heterocycles. The standard InChI is InChI=1S/C18H15FN2O2/c1-12-5-10-15-16(20-12)3-2-4-17(15)21-18(22)11-23-14-8-6-13(19)7-9-14/h2-10H,11H2,1H3,(H,21,22). The summed E-state index contributed by atoms with van der Waals surface area (Å²) in [7, 11) is 0. The Morgan fingerprint density at radius 2 is 1.91 bits per heavy atom. The fourth-order valence-electron chi connectivity index (χ4n) is 2.23. The van der Waals surface area contributed by atoms with Crippen LogP contribution < -0.4 is 10.1 Å². The van der Waals surface area contributed by atoms with E-state index in [1.54, 1.807) is 0 Å². The minimum absolute atomic E-state index is 0.151. The molecule has 0 saturated heterocycles. The normalized spacial score (nSPS) is 10.5. The Morgan fingerprint density at radius 1 is 1.13 bits per heavy atom. The maximum Gasteiger partial charge on any atom is 0.262 e. The molecule has 0 saturated carbocycles. The van der Waals surface area contributed by atoms with Crippen LogP contribution in [-0.2, 0) is 4.79 Å². The zero-order valence-corrected chi connectivity index (χ0v) is 12.5. The number of fused-ring (bicyclic) bond motifs is 1. The second-order valence-electron chi connectivity index (χ2n) is 5.12. The summed E-state index contributed by atoms with van der Waals surface area (Å²) in [6, 6.07) is 14.9. The van der Waals surface area contributed by atoms with Crippen molar-refractivity contribution < 1.29 is 13.9 Å². The molecule has 0 bridgehead atoms. The molecule has 4 nitrogen and oxygen atoms in total. The molecule has 0 fully saturated rings. The Balaban J connectivity index is 1.69. The van der Waals surface area contributed by atoms with Crippen LogP contribution in [0.25, 0.3) is 10.9 Å². The van der Waals surface area contributed by atoms with Gasteiger partial charge in [-0.2, -0.15) is 0 Å². The number of carbonyl (C=O) groups is 1. The fraction of sp³-hybridized carbons (Fsp3) is 0.111. The van der Waals surface area contributed by atoms with Gasteiger partial charge in [0.05, 0.1) is 11.2 Å². The largest absolute Gasteiger partial charge is 0.484 e. The van der Waals surface area contributed by atoms with Crippen molar-refractivity contribution in [3.05, 3.63) is 66.1 Å². The van der Waals surface area contributed by atoms with Crippen molar-refractivity contribution in [3.8, 4) is 5.75 Å². The lowest BCUT2D eigenvalue weighted by Crippen LogP contribution is -2.20. The predicted octanol–water partition coefficient (Wildman–Crippen LogP) is 3.70. The molecule has 1 heterocycles. The molecule has 0 aliphatic carbocycles. The van der Waals surface area contributed by atoms with E-state index >= 15 is 0 Å². The molecule has 1 N–H and O–H groups in total. The third kappa shape index (κ3) is 3.63. The third-order valence-electron chi connectivity index (χ3n) is 3.33. The number of benzene rings is 2. The highest BCUT2D eigenvalue weighted by molar-refractivity contribution is 6.01. The summed E-state index contributed by atoms with van der Waals surface area (Å²) < 4.78 is 18.1. The molecular weight excluding hydrogens is 295 g/mol. The van der Waals surface area contributed by atoms with Crippen LogP contribution in [0.3, 0.4) is 0 Å². The van der Waals surface area contributed by atoms with Crippen molar-refractivity contribution in [1.29, 1.82) is 0 Å². The van der Waals surface area contributed by atoms with Crippen LogP contribution in [0.4, 0.5) is 10.1 Å². The highest BCUT2D eigenvalue weighted by Crippen LogP contribution is 2.22. The van der Waals surface area contributed by atoms with Gasteiger partial charge in [0.1, 0.15) is 11.6 Å². The summed E-state index contributed by atoms with van der Waals surface area (Å²) in [5.74, 6) is -0.195. The number of aryl methyl sites for hydroxylation is 1. The summed E-state index contributed by atoms with van der Waals surface area (Å²) in [6.45, 7) is 1.77. The molecule has 0 unspecified atom stereocenters. The third-order valence-corrected chi connectivity index (χ3v) is 3.33. The van der Waals surface area contributed by atoms with Crippen molar-refractivity contribution in [3.63, 3.8) is 0 Å². The average molecular weight is 310 g/mol. The van der Waals surface area contributed by atoms with Crippen LogP contribution >= 0.6 is 0 Å². The van der Waals surface area contributed by atoms with Gasteiger partial charge in [-0.1, -0.05) is 6.07 Å². The second kappa shape index (κ2) is 6.44. The number of pyridine rings is 1. The highest BCUT2D eigenvalue weighted by Gasteiger charge is 2.07. The van der Waals surface area contributed by atoms with Crippen LogP contribution in [-0.4, -0.2) is 17.5 Å². The summed E-state index contributed by atoms with van der Waals surface area (Å²) in [4.78, 5) is 16.5. The van der Waals surface area contributed by atoms with E-state index < -0.39 is 0 Å². The lowest BCUT2D eigenvalue weighted by atomic mass is 10.1. The van der Waals surface area contributed by atoms with E-state index in [4.69, 9.17) is 4.74 Å². The first-order chi connectivity index (χ1) is 11.1. The van der Waals surface area contributed by atoms with Crippen molar-refractivity contribution >= 4 is 22.5 Å². The molecule has 3 rings (SSSR count). The smallest absolute Gasteiger partial charge is 0.262 e. The number of halogens is 1. The van der Waals surface area contributed by atoms with E-state index in [0.29, 0.717) is 11.4 Å². The van der Waals surface area contributed by atoms with E-state index in [2.05, 4.69) is 10.3 Å². The molecule has 1 amide bonds. The van der Waals surface area contributed by atoms with Gasteiger partial charge >= 0.3 is 0 Å². The van der Waals surface area contributed by atoms with E-state index in [-0.39, 0.29) is 18.3 Å². The maximum absolute atomic E-state index is 12.8. The molecule has 23 heavy (non-hydrogen) atoms. The van der Waals surface area contributed by atoms with Crippen LogP contribution in [0.5, 0.6) is 5.75 Å². The first-order valence-electron chi connectivity index (χ1n) is 7.16. The Kier molecular flexibility index (Phi) is 4.19. The van der Waals surface area contributed by atoms with Gasteiger partial charge in [-0.25, -0.2) is 4.39 Å². The van der Waals surface area contributed by atoms with Gasteiger partial charge in [-0.3, -0.25) is 9.78 Å². The van der Waals surface area contributed by atoms with Crippen molar-refractivity contribution in [2.24, 2.45) is 0 Å². The van der Waals surface area contributed by atoms with E-state index in [1.165, 1.54) is 24.3 Å². The Hall–Kier alpha value is -2.95. The van der Waals surface area contributed by atoms with Crippen LogP contribution in [0.2, 0.25) is 0 Å². The first kappa shape index (κ1) is 15.0. The van der Waals surface area contributed by atoms with Gasteiger partial charge in [0.25, 0.3) is 5.91 Å². The Morgan fingerprint density at radius 3 is 2.70 bits per heavy atom. The first-order valence-corrected chi connectivity index (χ1v) is 7.16. The predicted molar refractivity (Wildman–Crippen MR) is 87.0 cm³/mol. The number of aromatic nitrogens is 1. The highest BCUT2D eigenvalue weighted by atomic mass is 19.1. The number of rotatable bonds is 4. The van der Waals surface area contributed by atoms with Crippen LogP contribution in [0.1, 0.15) is 5.69 Å². The summed E-state index contributed by atoms with van der Waals surface area (Å²) in [5, 5.41) is 3.68. The minimum Gasteiger partial charge on any atom is -0.484 e. The van der Waals surface area contributed by atoms with E-state index in [0.717, 1.165) is 16.6 Å². The molecule has 2 aromatic carbocycles. The van der Waals surface area contributed by atoms with Gasteiger partial charge in [0, 0.05) is 11.1 Å². The fourth-order valence-corrected chi connectivity index (χ4v) is 2.23. The lowest BCUT2D eigenvalue weighted by Gasteiger charge is -2.10. The molecule has 1 aromatic heterocycles. The van der Waals surface area contributed by atoms with Crippen molar-refractivity contribution in [1.82, 2.24) is 4.98 Å². The molecule has 116 valence electrons. The van der Waals surface area contributed by atoms with Gasteiger partial charge in [0.2, 0.25) is 0 Å². The Bertz CT molecular complexity index is 847. The van der Waals surface area contributed by atoms with Crippen molar-refractivity contribution in [2.75, 3.05) is 11.9 Å². The van der Waals surface area contributed by atoms with Gasteiger partial charge < -0.3 is 10.1 Å². The molecule has 0 radical (unpaired) electrons. The topological polar surface area (TPSA) is 51.2 Å². The van der Waals surface area contributed by atoms with Gasteiger partial charge in [0.15, 0.2) is 6.61 Å². The Labute approximate surface area is 132 Å². The second-order valence-corrected chi connectivity index (χ2v) is 5.12. The number of ether oxygens (including phenoxy) is 1. The summed E-state index contributed by atoms with van der Waals surface area (Å²) >= 11 is 0. The number of amides is 1. The van der Waals surface area contributed by atoms with E-state index in [9.17, 15) is 9.18 Å². The average Bonchev–Trinajstić information content (AvgIpc) is 2.54. The summed E-state index contributed by atoms with van der Waals surface area (Å²) in [6.07, 6.45) is 0. The number of nitrogens with zero attached hydrogens (tertiary/aromatic N) is 1. The molecule has 5 heteroatoms. The number of hydrogen-bond donors (Lipinski definition) is 1. The number of hydrogen-bond acceptors (Lipinski definition) is 3. The van der Waals surface area contributed by atoms with Crippen LogP contribution in [0, 0.1) is 12.7 Å². The minimum atomic E-state index is -0.347. The number of anilines is 1. The monoisotopic (exact) mass is 310 g/mol. The quantitative estimate of drug-likeness (QED) is 0.799. The molecule has 0 spiro atoms. The molecule has 0 atom stereocenters. The van der Waals surface area contributed by atoms with Gasteiger partial charge in [-0.15, -0.1) is 0 Å². The number of carbonyl (C=O) groups excluding carboxylic acids is 1. The molecule has 3 aromatic rings. The zero-order chi connectivity index (χ0) is 16.2. The number of nitrogens with one attached hydrogen (secondary N) is 1. The summed E-state index contributed by atoms with van der Waals surface area (Å²) in [5.41, 5.74) is 2.42. The molecular formula is C18H15FN2O2. The van der Waals surface area contributed by atoms with E-state index in [1.807, 2.05) is 37.3 Å². The lowest BCUT2D eigenvalue weighted by molar-refractivity contribution is -0.118. The molecule has 0 aliphatic rings. The zero-order valence-electron chi connectivity index (χ0n) is 12.5. The van der Waals surface area contributed by atoms with Crippen LogP contribution in [0.15, 0.2) is 54.6 Å². The maximum atomic E-state index is 12.8. The SMILES string of the molecule is Cc1ccc2c(NC(=O)COc3ccc(F)cc3)cccc2n1. The van der Waals surface area contributed by atoms with Crippen molar-refractivity contribution in [2.45, 2.75) is 6.92 Å². The van der Waals surface area contributed by atoms with Gasteiger partial charge in [-0.05, 0) is 55.5 Å².